The maximum absolute atomic E-state index is 12.4. The van der Waals surface area contributed by atoms with Crippen molar-refractivity contribution in [2.24, 2.45) is 5.10 Å². The van der Waals surface area contributed by atoms with E-state index in [1.54, 1.807) is 19.2 Å². The summed E-state index contributed by atoms with van der Waals surface area (Å²) in [7, 11) is 0. The van der Waals surface area contributed by atoms with Crippen molar-refractivity contribution in [3.63, 3.8) is 0 Å². The molecule has 0 bridgehead atoms. The highest BCUT2D eigenvalue weighted by molar-refractivity contribution is 5.99. The minimum Gasteiger partial charge on any atom is -0.363 e. The molecular formula is C17H19F2N7. The van der Waals surface area contributed by atoms with Crippen molar-refractivity contribution >= 4 is 17.9 Å². The summed E-state index contributed by atoms with van der Waals surface area (Å²) in [6.07, 6.45) is -0.735. The second-order valence-corrected chi connectivity index (χ2v) is 5.47. The number of hydrogen-bond acceptors (Lipinski definition) is 6. The number of hydrogen-bond donors (Lipinski definition) is 3. The Hall–Kier alpha value is -3.28. The van der Waals surface area contributed by atoms with Gasteiger partial charge in [-0.3, -0.25) is 5.41 Å². The van der Waals surface area contributed by atoms with Gasteiger partial charge in [0.25, 0.3) is 6.43 Å². The van der Waals surface area contributed by atoms with Crippen LogP contribution in [0.1, 0.15) is 25.1 Å². The third kappa shape index (κ3) is 4.22. The molecule has 0 unspecified atom stereocenters. The van der Waals surface area contributed by atoms with Crippen LogP contribution >= 0.6 is 0 Å². The Labute approximate surface area is 150 Å². The fourth-order valence-electron chi connectivity index (χ4n) is 2.42. The highest BCUT2D eigenvalue weighted by Gasteiger charge is 2.25. The number of aromatic nitrogens is 1. The van der Waals surface area contributed by atoms with Crippen molar-refractivity contribution in [3.05, 3.63) is 47.1 Å². The fourth-order valence-corrected chi connectivity index (χ4v) is 2.42. The van der Waals surface area contributed by atoms with Gasteiger partial charge in [-0.15, -0.1) is 0 Å². The zero-order valence-corrected chi connectivity index (χ0v) is 14.5. The number of pyridine rings is 1. The van der Waals surface area contributed by atoms with Crippen LogP contribution in [0, 0.1) is 16.7 Å². The molecule has 0 amide bonds. The number of halogens is 2. The van der Waals surface area contributed by atoms with E-state index >= 15 is 0 Å². The van der Waals surface area contributed by atoms with Crippen LogP contribution in [0.3, 0.4) is 0 Å². The zero-order chi connectivity index (χ0) is 19.3. The van der Waals surface area contributed by atoms with Crippen LogP contribution in [0.2, 0.25) is 0 Å². The molecule has 9 heteroatoms. The van der Waals surface area contributed by atoms with Gasteiger partial charge in [0.1, 0.15) is 17.7 Å². The standard InChI is InChI=1S/C17H19F2N7/c1-4-23-26-11(3)24-10(2)14(16(26)21)7-13-6-5-12(8-20)17(25-13)22-9-15(18)19/h4-6,15,21,24H,3,7,9H2,1-2H3,(H,22,25)/b21-16?,23-4-. The summed E-state index contributed by atoms with van der Waals surface area (Å²) >= 11 is 0. The van der Waals surface area contributed by atoms with Gasteiger partial charge in [0.15, 0.2) is 5.84 Å². The first kappa shape index (κ1) is 19.1. The molecule has 0 spiro atoms. The number of amidine groups is 1. The molecule has 3 N–H and O–H groups in total. The number of allylic oxidation sites excluding steroid dienone is 1. The van der Waals surface area contributed by atoms with E-state index in [9.17, 15) is 8.78 Å². The van der Waals surface area contributed by atoms with E-state index in [1.807, 2.05) is 13.0 Å². The summed E-state index contributed by atoms with van der Waals surface area (Å²) in [6.45, 7) is 6.77. The van der Waals surface area contributed by atoms with Crippen molar-refractivity contribution in [2.75, 3.05) is 11.9 Å². The third-order valence-corrected chi connectivity index (χ3v) is 3.62. The van der Waals surface area contributed by atoms with Crippen molar-refractivity contribution < 1.29 is 8.78 Å². The Morgan fingerprint density at radius 2 is 2.27 bits per heavy atom. The second kappa shape index (κ2) is 8.20. The van der Waals surface area contributed by atoms with Crippen molar-refractivity contribution in [2.45, 2.75) is 26.7 Å². The minimum absolute atomic E-state index is 0.103. The molecule has 136 valence electrons. The number of nitriles is 1. The first-order valence-corrected chi connectivity index (χ1v) is 7.82. The van der Waals surface area contributed by atoms with Gasteiger partial charge in [-0.25, -0.2) is 18.8 Å². The minimum atomic E-state index is -2.56. The van der Waals surface area contributed by atoms with E-state index in [2.05, 4.69) is 27.3 Å². The van der Waals surface area contributed by atoms with Gasteiger partial charge >= 0.3 is 0 Å². The average molecular weight is 359 g/mol. The molecule has 1 aromatic rings. The molecule has 2 rings (SSSR count). The Morgan fingerprint density at radius 1 is 1.54 bits per heavy atom. The van der Waals surface area contributed by atoms with Crippen LogP contribution in [-0.4, -0.2) is 35.0 Å². The van der Waals surface area contributed by atoms with Gasteiger partial charge in [0, 0.05) is 29.6 Å². The predicted molar refractivity (Wildman–Crippen MR) is 95.9 cm³/mol. The topological polar surface area (TPSA) is 100 Å². The van der Waals surface area contributed by atoms with E-state index in [1.165, 1.54) is 11.1 Å². The van der Waals surface area contributed by atoms with E-state index in [0.717, 1.165) is 5.70 Å². The maximum atomic E-state index is 12.4. The molecular weight excluding hydrogens is 340 g/mol. The SMILES string of the molecule is C=C1NC(C)=C(Cc2ccc(C#N)c(NCC(F)F)n2)C(=N)N1/N=C\C. The van der Waals surface area contributed by atoms with E-state index in [-0.39, 0.29) is 23.6 Å². The lowest BCUT2D eigenvalue weighted by molar-refractivity contribution is 0.163. The van der Waals surface area contributed by atoms with Crippen LogP contribution in [0.15, 0.2) is 40.9 Å². The monoisotopic (exact) mass is 359 g/mol. The smallest absolute Gasteiger partial charge is 0.255 e. The van der Waals surface area contributed by atoms with E-state index < -0.39 is 13.0 Å². The Morgan fingerprint density at radius 3 is 2.88 bits per heavy atom. The highest BCUT2D eigenvalue weighted by atomic mass is 19.3. The molecule has 0 fully saturated rings. The van der Waals surface area contributed by atoms with Gasteiger partial charge in [0.2, 0.25) is 0 Å². The van der Waals surface area contributed by atoms with Gasteiger partial charge in [-0.2, -0.15) is 10.4 Å². The Balaban J connectivity index is 2.30. The summed E-state index contributed by atoms with van der Waals surface area (Å²) in [5.74, 6) is 0.714. The molecule has 7 nitrogen and oxygen atoms in total. The molecule has 1 aromatic heterocycles. The van der Waals surface area contributed by atoms with Gasteiger partial charge in [0.05, 0.1) is 12.1 Å². The molecule has 1 aliphatic heterocycles. The van der Waals surface area contributed by atoms with Crippen LogP contribution in [0.5, 0.6) is 0 Å². The second-order valence-electron chi connectivity index (χ2n) is 5.47. The van der Waals surface area contributed by atoms with E-state index in [0.29, 0.717) is 17.1 Å². The van der Waals surface area contributed by atoms with Gasteiger partial charge in [-0.1, -0.05) is 6.58 Å². The van der Waals surface area contributed by atoms with Crippen molar-refractivity contribution in [3.8, 4) is 6.07 Å². The number of nitrogens with one attached hydrogen (secondary N) is 3. The van der Waals surface area contributed by atoms with Crippen molar-refractivity contribution in [1.29, 1.82) is 10.7 Å². The van der Waals surface area contributed by atoms with Crippen LogP contribution in [0.25, 0.3) is 0 Å². The summed E-state index contributed by atoms with van der Waals surface area (Å²) < 4.78 is 24.9. The highest BCUT2D eigenvalue weighted by Crippen LogP contribution is 2.22. The van der Waals surface area contributed by atoms with Crippen LogP contribution in [0.4, 0.5) is 14.6 Å². The van der Waals surface area contributed by atoms with E-state index in [4.69, 9.17) is 10.7 Å². The largest absolute Gasteiger partial charge is 0.363 e. The molecule has 0 aromatic carbocycles. The Kier molecular flexibility index (Phi) is 6.01. The third-order valence-electron chi connectivity index (χ3n) is 3.62. The normalized spacial score (nSPS) is 14.8. The lowest BCUT2D eigenvalue weighted by Crippen LogP contribution is -2.39. The van der Waals surface area contributed by atoms with Crippen LogP contribution < -0.4 is 10.6 Å². The summed E-state index contributed by atoms with van der Waals surface area (Å²) in [4.78, 5) is 4.26. The quantitative estimate of drug-likeness (QED) is 0.678. The fraction of sp³-hybridized carbons (Fsp3) is 0.294. The van der Waals surface area contributed by atoms with Crippen molar-refractivity contribution in [1.82, 2.24) is 15.3 Å². The summed E-state index contributed by atoms with van der Waals surface area (Å²) in [6, 6.07) is 5.08. The molecule has 26 heavy (non-hydrogen) atoms. The molecule has 2 heterocycles. The first-order chi connectivity index (χ1) is 12.4. The molecule has 0 radical (unpaired) electrons. The predicted octanol–water partition coefficient (Wildman–Crippen LogP) is 2.81. The van der Waals surface area contributed by atoms with Gasteiger partial charge in [-0.05, 0) is 26.0 Å². The number of alkyl halides is 2. The van der Waals surface area contributed by atoms with Crippen LogP contribution in [-0.2, 0) is 6.42 Å². The first-order valence-electron chi connectivity index (χ1n) is 7.82. The molecule has 0 aliphatic carbocycles. The lowest BCUT2D eigenvalue weighted by Gasteiger charge is -2.30. The lowest BCUT2D eigenvalue weighted by atomic mass is 10.0. The van der Waals surface area contributed by atoms with Gasteiger partial charge < -0.3 is 10.6 Å². The number of nitrogens with zero attached hydrogens (tertiary/aromatic N) is 4. The molecule has 1 aliphatic rings. The maximum Gasteiger partial charge on any atom is 0.255 e. The average Bonchev–Trinajstić information content (AvgIpc) is 2.60. The summed E-state index contributed by atoms with van der Waals surface area (Å²) in [5, 5.41) is 28.4. The number of anilines is 1. The zero-order valence-electron chi connectivity index (χ0n) is 14.5. The molecule has 0 saturated carbocycles. The molecule has 0 saturated heterocycles. The molecule has 0 atom stereocenters. The number of hydrazone groups is 1. The number of rotatable bonds is 6. The Bertz CT molecular complexity index is 821. The summed E-state index contributed by atoms with van der Waals surface area (Å²) in [5.41, 5.74) is 2.09.